The lowest BCUT2D eigenvalue weighted by Gasteiger charge is -2.21. The molecule has 0 amide bonds. The zero-order valence-corrected chi connectivity index (χ0v) is 12.6. The predicted octanol–water partition coefficient (Wildman–Crippen LogP) is 1.53. The zero-order valence-electron chi connectivity index (χ0n) is 11.8. The van der Waals surface area contributed by atoms with Gasteiger partial charge in [0.25, 0.3) is 0 Å². The molecule has 20 heavy (non-hydrogen) atoms. The van der Waals surface area contributed by atoms with Gasteiger partial charge in [0.2, 0.25) is 15.0 Å². The van der Waals surface area contributed by atoms with Crippen LogP contribution in [0.1, 0.15) is 12.8 Å². The van der Waals surface area contributed by atoms with Crippen LogP contribution in [0, 0.1) is 0 Å². The maximum absolute atomic E-state index is 12.0. The van der Waals surface area contributed by atoms with Crippen LogP contribution < -0.4 is 0 Å². The van der Waals surface area contributed by atoms with E-state index in [-0.39, 0.29) is 5.16 Å². The molecule has 1 saturated heterocycles. The van der Waals surface area contributed by atoms with E-state index in [9.17, 15) is 8.42 Å². The molecule has 6 heteroatoms. The Morgan fingerprint density at radius 2 is 2.10 bits per heavy atom. The number of para-hydroxylation sites is 2. The van der Waals surface area contributed by atoms with E-state index < -0.39 is 9.84 Å². The Morgan fingerprint density at radius 3 is 2.75 bits per heavy atom. The Labute approximate surface area is 119 Å². The van der Waals surface area contributed by atoms with Crippen LogP contribution in [0.4, 0.5) is 0 Å². The van der Waals surface area contributed by atoms with Gasteiger partial charge < -0.3 is 9.47 Å². The van der Waals surface area contributed by atoms with E-state index in [0.717, 1.165) is 24.0 Å². The minimum atomic E-state index is -3.32. The Morgan fingerprint density at radius 1 is 1.35 bits per heavy atom. The standard InChI is InChI=1S/C14H19N3O2S/c1-16-9-5-6-11(16)10-17-13-8-4-3-7-12(13)15-14(17)20(2,18)19/h3-4,7-8,11H,5-6,9-10H2,1-2H3/t11-/m1/s1. The van der Waals surface area contributed by atoms with Crippen LogP contribution >= 0.6 is 0 Å². The Kier molecular flexibility index (Phi) is 3.30. The SMILES string of the molecule is CN1CCC[C@@H]1Cn1c(S(C)(=O)=O)nc2ccccc21. The van der Waals surface area contributed by atoms with Gasteiger partial charge in [-0.15, -0.1) is 0 Å². The van der Waals surface area contributed by atoms with Crippen LogP contribution in [0.3, 0.4) is 0 Å². The fourth-order valence-electron chi connectivity index (χ4n) is 2.93. The number of hydrogen-bond acceptors (Lipinski definition) is 4. The highest BCUT2D eigenvalue weighted by atomic mass is 32.2. The van der Waals surface area contributed by atoms with E-state index in [0.29, 0.717) is 12.6 Å². The summed E-state index contributed by atoms with van der Waals surface area (Å²) in [6.07, 6.45) is 3.50. The van der Waals surface area contributed by atoms with E-state index in [1.807, 2.05) is 28.8 Å². The summed E-state index contributed by atoms with van der Waals surface area (Å²) in [6.45, 7) is 1.75. The van der Waals surface area contributed by atoms with Crippen LogP contribution in [0.15, 0.2) is 29.4 Å². The number of imidazole rings is 1. The van der Waals surface area contributed by atoms with Gasteiger partial charge in [-0.05, 0) is 38.6 Å². The van der Waals surface area contributed by atoms with Gasteiger partial charge in [-0.2, -0.15) is 0 Å². The van der Waals surface area contributed by atoms with E-state index in [2.05, 4.69) is 16.9 Å². The summed E-state index contributed by atoms with van der Waals surface area (Å²) in [5.41, 5.74) is 1.64. The summed E-state index contributed by atoms with van der Waals surface area (Å²) < 4.78 is 25.8. The number of nitrogens with zero attached hydrogens (tertiary/aromatic N) is 3. The van der Waals surface area contributed by atoms with Crippen LogP contribution in [0.2, 0.25) is 0 Å². The molecule has 0 saturated carbocycles. The normalized spacial score (nSPS) is 20.8. The van der Waals surface area contributed by atoms with E-state index >= 15 is 0 Å². The number of likely N-dealkylation sites (N-methyl/N-ethyl adjacent to an activating group) is 1. The summed E-state index contributed by atoms with van der Waals surface area (Å²) in [7, 11) is -1.23. The van der Waals surface area contributed by atoms with Gasteiger partial charge in [0.1, 0.15) is 0 Å². The number of benzene rings is 1. The zero-order chi connectivity index (χ0) is 14.3. The molecule has 0 aliphatic carbocycles. The van der Waals surface area contributed by atoms with Crippen molar-refractivity contribution < 1.29 is 8.42 Å². The number of fused-ring (bicyclic) bond motifs is 1. The van der Waals surface area contributed by atoms with Crippen LogP contribution in [-0.4, -0.2) is 48.8 Å². The number of rotatable bonds is 3. The second-order valence-electron chi connectivity index (χ2n) is 5.54. The molecule has 1 aromatic heterocycles. The van der Waals surface area contributed by atoms with Gasteiger partial charge in [-0.1, -0.05) is 12.1 Å². The molecule has 0 unspecified atom stereocenters. The third-order valence-electron chi connectivity index (χ3n) is 4.02. The molecule has 1 fully saturated rings. The summed E-state index contributed by atoms with van der Waals surface area (Å²) in [6, 6.07) is 7.98. The van der Waals surface area contributed by atoms with E-state index in [1.54, 1.807) is 0 Å². The maximum Gasteiger partial charge on any atom is 0.228 e. The first kappa shape index (κ1) is 13.6. The third-order valence-corrected chi connectivity index (χ3v) is 4.99. The van der Waals surface area contributed by atoms with E-state index in [4.69, 9.17) is 0 Å². The minimum Gasteiger partial charge on any atom is -0.313 e. The van der Waals surface area contributed by atoms with Crippen molar-refractivity contribution in [2.75, 3.05) is 19.8 Å². The molecule has 1 atom stereocenters. The molecule has 3 rings (SSSR count). The molecule has 108 valence electrons. The molecule has 2 aromatic rings. The Balaban J connectivity index is 2.11. The molecule has 2 heterocycles. The van der Waals surface area contributed by atoms with Crippen molar-refractivity contribution in [2.24, 2.45) is 0 Å². The first-order chi connectivity index (χ1) is 9.47. The molecular formula is C14H19N3O2S. The van der Waals surface area contributed by atoms with Gasteiger partial charge >= 0.3 is 0 Å². The smallest absolute Gasteiger partial charge is 0.228 e. The first-order valence-electron chi connectivity index (χ1n) is 6.82. The third kappa shape index (κ3) is 2.33. The Bertz CT molecular complexity index is 736. The lowest BCUT2D eigenvalue weighted by atomic mass is 10.2. The molecule has 1 aliphatic heterocycles. The molecule has 0 bridgehead atoms. The van der Waals surface area contributed by atoms with Crippen molar-refractivity contribution in [3.8, 4) is 0 Å². The molecule has 0 spiro atoms. The van der Waals surface area contributed by atoms with E-state index in [1.165, 1.54) is 12.7 Å². The summed E-state index contributed by atoms with van der Waals surface area (Å²) in [5, 5.41) is 0.180. The highest BCUT2D eigenvalue weighted by Crippen LogP contribution is 2.23. The quantitative estimate of drug-likeness (QED) is 0.861. The monoisotopic (exact) mass is 293 g/mol. The molecule has 0 radical (unpaired) electrons. The number of sulfone groups is 1. The molecule has 5 nitrogen and oxygen atoms in total. The molecule has 1 aromatic carbocycles. The Hall–Kier alpha value is -1.40. The topological polar surface area (TPSA) is 55.2 Å². The number of aromatic nitrogens is 2. The summed E-state index contributed by atoms with van der Waals surface area (Å²) in [4.78, 5) is 6.60. The second kappa shape index (κ2) is 4.86. The van der Waals surface area contributed by atoms with Gasteiger partial charge in [-0.3, -0.25) is 0 Å². The molecular weight excluding hydrogens is 274 g/mol. The lowest BCUT2D eigenvalue weighted by molar-refractivity contribution is 0.278. The predicted molar refractivity (Wildman–Crippen MR) is 78.5 cm³/mol. The summed E-state index contributed by atoms with van der Waals surface area (Å²) in [5.74, 6) is 0. The molecule has 1 aliphatic rings. The van der Waals surface area contributed by atoms with Crippen LogP contribution in [-0.2, 0) is 16.4 Å². The van der Waals surface area contributed by atoms with Crippen molar-refractivity contribution in [1.29, 1.82) is 0 Å². The average Bonchev–Trinajstić information content (AvgIpc) is 2.95. The van der Waals surface area contributed by atoms with Crippen molar-refractivity contribution in [2.45, 2.75) is 30.6 Å². The summed E-state index contributed by atoms with van der Waals surface area (Å²) >= 11 is 0. The number of hydrogen-bond donors (Lipinski definition) is 0. The average molecular weight is 293 g/mol. The lowest BCUT2D eigenvalue weighted by Crippen LogP contribution is -2.30. The second-order valence-corrected chi connectivity index (χ2v) is 7.45. The van der Waals surface area contributed by atoms with Crippen molar-refractivity contribution >= 4 is 20.9 Å². The largest absolute Gasteiger partial charge is 0.313 e. The fraction of sp³-hybridized carbons (Fsp3) is 0.500. The fourth-order valence-corrected chi connectivity index (χ4v) is 3.77. The van der Waals surface area contributed by atoms with Gasteiger partial charge in [-0.25, -0.2) is 13.4 Å². The maximum atomic E-state index is 12.0. The van der Waals surface area contributed by atoms with Gasteiger partial charge in [0, 0.05) is 18.8 Å². The highest BCUT2D eigenvalue weighted by Gasteiger charge is 2.26. The first-order valence-corrected chi connectivity index (χ1v) is 8.71. The van der Waals surface area contributed by atoms with Crippen LogP contribution in [0.25, 0.3) is 11.0 Å². The molecule has 0 N–H and O–H groups in total. The van der Waals surface area contributed by atoms with Crippen molar-refractivity contribution in [1.82, 2.24) is 14.5 Å². The number of likely N-dealkylation sites (tertiary alicyclic amines) is 1. The van der Waals surface area contributed by atoms with Crippen LogP contribution in [0.5, 0.6) is 0 Å². The van der Waals surface area contributed by atoms with Gasteiger partial charge in [0.15, 0.2) is 0 Å². The minimum absolute atomic E-state index is 0.180. The van der Waals surface area contributed by atoms with Crippen molar-refractivity contribution in [3.05, 3.63) is 24.3 Å². The van der Waals surface area contributed by atoms with Crippen molar-refractivity contribution in [3.63, 3.8) is 0 Å². The highest BCUT2D eigenvalue weighted by molar-refractivity contribution is 7.90. The van der Waals surface area contributed by atoms with Gasteiger partial charge in [0.05, 0.1) is 11.0 Å².